The van der Waals surface area contributed by atoms with Crippen LogP contribution < -0.4 is 10.1 Å². The van der Waals surface area contributed by atoms with E-state index in [4.69, 9.17) is 4.74 Å². The summed E-state index contributed by atoms with van der Waals surface area (Å²) in [5, 5.41) is 3.33. The van der Waals surface area contributed by atoms with Gasteiger partial charge in [0, 0.05) is 12.7 Å². The van der Waals surface area contributed by atoms with E-state index in [2.05, 4.69) is 10.3 Å². The van der Waals surface area contributed by atoms with Gasteiger partial charge in [0.15, 0.2) is 5.17 Å². The molecule has 0 aromatic heterocycles. The molecule has 1 aromatic carbocycles. The van der Waals surface area contributed by atoms with Crippen LogP contribution in [0.1, 0.15) is 24.2 Å². The molecule has 5 nitrogen and oxygen atoms in total. The highest BCUT2D eigenvalue weighted by Crippen LogP contribution is 2.20. The Labute approximate surface area is 115 Å². The molecule has 100 valence electrons. The Morgan fingerprint density at radius 1 is 1.42 bits per heavy atom. The molecular weight excluding hydrogens is 264 g/mol. The quantitative estimate of drug-likeness (QED) is 0.662. The van der Waals surface area contributed by atoms with E-state index in [9.17, 15) is 9.59 Å². The first-order valence-electron chi connectivity index (χ1n) is 5.85. The summed E-state index contributed by atoms with van der Waals surface area (Å²) in [6.45, 7) is 3.28. The predicted molar refractivity (Wildman–Crippen MR) is 74.6 cm³/mol. The fraction of sp³-hybridized carbons (Fsp3) is 0.308. The number of nitrogens with zero attached hydrogens (tertiary/aromatic N) is 1. The molecule has 0 spiro atoms. The third kappa shape index (κ3) is 3.57. The molecule has 19 heavy (non-hydrogen) atoms. The molecule has 1 aliphatic heterocycles. The van der Waals surface area contributed by atoms with Gasteiger partial charge in [0.2, 0.25) is 0 Å². The highest BCUT2D eigenvalue weighted by Gasteiger charge is 2.19. The molecule has 2 rings (SSSR count). The Morgan fingerprint density at radius 2 is 2.16 bits per heavy atom. The molecular formula is C13H14N2O3S. The van der Waals surface area contributed by atoms with Crippen LogP contribution >= 0.6 is 11.8 Å². The zero-order valence-corrected chi connectivity index (χ0v) is 11.5. The van der Waals surface area contributed by atoms with Crippen LogP contribution in [0.5, 0.6) is 5.75 Å². The number of ether oxygens (including phenoxy) is 1. The molecule has 1 heterocycles. The lowest BCUT2D eigenvalue weighted by Gasteiger charge is -2.08. The Bertz CT molecular complexity index is 542. The Morgan fingerprint density at radius 3 is 2.79 bits per heavy atom. The summed E-state index contributed by atoms with van der Waals surface area (Å²) >= 11 is 1.50. The average molecular weight is 278 g/mol. The average Bonchev–Trinajstić information content (AvgIpc) is 2.74. The van der Waals surface area contributed by atoms with Gasteiger partial charge in [0.05, 0.1) is 11.6 Å². The van der Waals surface area contributed by atoms with Crippen molar-refractivity contribution in [1.82, 2.24) is 5.32 Å². The van der Waals surface area contributed by atoms with Gasteiger partial charge in [-0.1, -0.05) is 23.9 Å². The summed E-state index contributed by atoms with van der Waals surface area (Å²) in [5.74, 6) is 0.337. The topological polar surface area (TPSA) is 67.8 Å². The Hall–Kier alpha value is -1.82. The van der Waals surface area contributed by atoms with Crippen LogP contribution in [-0.4, -0.2) is 28.8 Å². The maximum absolute atomic E-state index is 12.1. The first-order chi connectivity index (χ1) is 9.06. The van der Waals surface area contributed by atoms with Crippen LogP contribution in [0.25, 0.3) is 0 Å². The van der Waals surface area contributed by atoms with Gasteiger partial charge in [-0.15, -0.1) is 0 Å². The SMILES string of the molecule is CC(=O)Oc1ccccc1C(=O)NC1=NC(C)CS1. The number of nitrogens with one attached hydrogen (secondary N) is 1. The van der Waals surface area contributed by atoms with Crippen molar-refractivity contribution in [1.29, 1.82) is 0 Å². The molecule has 1 amide bonds. The number of amidine groups is 1. The molecule has 0 fully saturated rings. The van der Waals surface area contributed by atoms with E-state index in [1.807, 2.05) is 6.92 Å². The lowest BCUT2D eigenvalue weighted by molar-refractivity contribution is -0.131. The van der Waals surface area contributed by atoms with Gasteiger partial charge in [-0.05, 0) is 19.1 Å². The summed E-state index contributed by atoms with van der Waals surface area (Å²) in [6.07, 6.45) is 0. The van der Waals surface area contributed by atoms with Gasteiger partial charge in [0.1, 0.15) is 5.75 Å². The first kappa shape index (κ1) is 13.6. The van der Waals surface area contributed by atoms with Crippen LogP contribution in [0.4, 0.5) is 0 Å². The van der Waals surface area contributed by atoms with E-state index in [1.54, 1.807) is 24.3 Å². The summed E-state index contributed by atoms with van der Waals surface area (Å²) in [4.78, 5) is 27.4. The van der Waals surface area contributed by atoms with Crippen molar-refractivity contribution in [3.63, 3.8) is 0 Å². The number of amides is 1. The van der Waals surface area contributed by atoms with Gasteiger partial charge in [0.25, 0.3) is 5.91 Å². The number of carbonyl (C=O) groups is 2. The van der Waals surface area contributed by atoms with E-state index < -0.39 is 5.97 Å². The molecule has 1 aromatic rings. The van der Waals surface area contributed by atoms with E-state index in [1.165, 1.54) is 18.7 Å². The second kappa shape index (κ2) is 5.88. The van der Waals surface area contributed by atoms with Crippen LogP contribution in [-0.2, 0) is 4.79 Å². The molecule has 1 unspecified atom stereocenters. The lowest BCUT2D eigenvalue weighted by atomic mass is 10.2. The van der Waals surface area contributed by atoms with Crippen LogP contribution in [0, 0.1) is 0 Å². The smallest absolute Gasteiger partial charge is 0.308 e. The third-order valence-electron chi connectivity index (χ3n) is 2.40. The fourth-order valence-corrected chi connectivity index (χ4v) is 2.50. The van der Waals surface area contributed by atoms with Crippen molar-refractivity contribution < 1.29 is 14.3 Å². The van der Waals surface area contributed by atoms with Crippen LogP contribution in [0.2, 0.25) is 0 Å². The van der Waals surface area contributed by atoms with Gasteiger partial charge < -0.3 is 10.1 Å². The monoisotopic (exact) mass is 278 g/mol. The second-order valence-electron chi connectivity index (χ2n) is 4.14. The number of hydrogen-bond donors (Lipinski definition) is 1. The molecule has 1 N–H and O–H groups in total. The number of carbonyl (C=O) groups excluding carboxylic acids is 2. The number of hydrogen-bond acceptors (Lipinski definition) is 5. The van der Waals surface area contributed by atoms with E-state index >= 15 is 0 Å². The van der Waals surface area contributed by atoms with E-state index in [-0.39, 0.29) is 17.7 Å². The molecule has 0 saturated heterocycles. The standard InChI is InChI=1S/C13H14N2O3S/c1-8-7-19-13(14-8)15-12(17)10-5-3-4-6-11(10)18-9(2)16/h3-6,8H,7H2,1-2H3,(H,14,15,17). The summed E-state index contributed by atoms with van der Waals surface area (Å²) in [5.41, 5.74) is 0.320. The molecule has 0 radical (unpaired) electrons. The largest absolute Gasteiger partial charge is 0.426 e. The highest BCUT2D eigenvalue weighted by molar-refractivity contribution is 8.14. The number of rotatable bonds is 2. The maximum atomic E-state index is 12.1. The van der Waals surface area contributed by atoms with Gasteiger partial charge in [-0.25, -0.2) is 0 Å². The number of para-hydroxylation sites is 1. The summed E-state index contributed by atoms with van der Waals surface area (Å²) < 4.78 is 5.01. The van der Waals surface area contributed by atoms with Crippen molar-refractivity contribution in [2.24, 2.45) is 4.99 Å². The maximum Gasteiger partial charge on any atom is 0.308 e. The number of thioether (sulfide) groups is 1. The van der Waals surface area contributed by atoms with Crippen molar-refractivity contribution in [2.45, 2.75) is 19.9 Å². The van der Waals surface area contributed by atoms with Gasteiger partial charge in [-0.2, -0.15) is 0 Å². The summed E-state index contributed by atoms with van der Waals surface area (Å²) in [6, 6.07) is 6.83. The zero-order valence-electron chi connectivity index (χ0n) is 10.7. The molecule has 0 aliphatic carbocycles. The fourth-order valence-electron chi connectivity index (χ4n) is 1.61. The van der Waals surface area contributed by atoms with E-state index in [0.717, 1.165) is 5.75 Å². The number of esters is 1. The molecule has 0 saturated carbocycles. The van der Waals surface area contributed by atoms with Crippen molar-refractivity contribution in [3.8, 4) is 5.75 Å². The number of benzene rings is 1. The van der Waals surface area contributed by atoms with Crippen molar-refractivity contribution in [3.05, 3.63) is 29.8 Å². The van der Waals surface area contributed by atoms with Gasteiger partial charge >= 0.3 is 5.97 Å². The molecule has 1 atom stereocenters. The lowest BCUT2D eigenvalue weighted by Crippen LogP contribution is -2.28. The molecule has 0 bridgehead atoms. The minimum Gasteiger partial charge on any atom is -0.426 e. The Kier molecular flexibility index (Phi) is 4.21. The minimum atomic E-state index is -0.457. The van der Waals surface area contributed by atoms with Crippen molar-refractivity contribution >= 4 is 28.8 Å². The van der Waals surface area contributed by atoms with Gasteiger partial charge in [-0.3, -0.25) is 14.6 Å². The van der Waals surface area contributed by atoms with E-state index in [0.29, 0.717) is 10.7 Å². The predicted octanol–water partition coefficient (Wildman–Crippen LogP) is 1.83. The number of aliphatic imine (C=N–C) groups is 1. The van der Waals surface area contributed by atoms with Crippen LogP contribution in [0.3, 0.4) is 0 Å². The Balaban J connectivity index is 2.14. The first-order valence-corrected chi connectivity index (χ1v) is 6.84. The molecule has 1 aliphatic rings. The second-order valence-corrected chi connectivity index (χ2v) is 5.15. The zero-order chi connectivity index (χ0) is 13.8. The summed E-state index contributed by atoms with van der Waals surface area (Å²) in [7, 11) is 0. The normalized spacial score (nSPS) is 17.8. The van der Waals surface area contributed by atoms with Crippen LogP contribution in [0.15, 0.2) is 29.3 Å². The highest BCUT2D eigenvalue weighted by atomic mass is 32.2. The third-order valence-corrected chi connectivity index (χ3v) is 3.53. The minimum absolute atomic E-state index is 0.212. The van der Waals surface area contributed by atoms with Crippen molar-refractivity contribution in [2.75, 3.05) is 5.75 Å². The molecule has 6 heteroatoms.